The lowest BCUT2D eigenvalue weighted by Crippen LogP contribution is -2.50. The number of nitrogens with zero attached hydrogens (tertiary/aromatic N) is 1. The predicted molar refractivity (Wildman–Crippen MR) is 44.5 cm³/mol. The summed E-state index contributed by atoms with van der Waals surface area (Å²) in [6, 6.07) is 0. The Morgan fingerprint density at radius 2 is 2.08 bits per heavy atom. The molecule has 1 aliphatic heterocycles. The van der Waals surface area contributed by atoms with Crippen LogP contribution >= 0.6 is 0 Å². The van der Waals surface area contributed by atoms with Crippen LogP contribution in [-0.4, -0.2) is 39.3 Å². The summed E-state index contributed by atoms with van der Waals surface area (Å²) in [5.74, 6) is -1.15. The average molecular weight is 185 g/mol. The minimum absolute atomic E-state index is 0.165. The maximum absolute atomic E-state index is 10.8. The minimum atomic E-state index is -1.41. The molecule has 1 aliphatic rings. The van der Waals surface area contributed by atoms with Crippen molar-refractivity contribution in [2.24, 2.45) is 0 Å². The van der Waals surface area contributed by atoms with Crippen LogP contribution in [0.3, 0.4) is 0 Å². The van der Waals surface area contributed by atoms with Gasteiger partial charge in [0, 0.05) is 6.54 Å². The molecule has 0 fully saturated rings. The Morgan fingerprint density at radius 1 is 1.54 bits per heavy atom. The molecule has 1 amide bonds. The van der Waals surface area contributed by atoms with E-state index < -0.39 is 17.6 Å². The van der Waals surface area contributed by atoms with E-state index in [0.717, 1.165) is 10.5 Å². The van der Waals surface area contributed by atoms with Crippen LogP contribution < -0.4 is 0 Å². The normalized spacial score (nSPS) is 27.2. The van der Waals surface area contributed by atoms with E-state index >= 15 is 0 Å². The molecule has 1 atom stereocenters. The third-order valence-electron chi connectivity index (χ3n) is 2.16. The highest BCUT2D eigenvalue weighted by molar-refractivity contribution is 5.87. The van der Waals surface area contributed by atoms with Crippen LogP contribution in [0, 0.1) is 0 Å². The molecule has 5 heteroatoms. The summed E-state index contributed by atoms with van der Waals surface area (Å²) >= 11 is 0. The van der Waals surface area contributed by atoms with Crippen LogP contribution in [0.1, 0.15) is 13.8 Å². The number of hydrogen-bond donors (Lipinski definition) is 2. The van der Waals surface area contributed by atoms with E-state index in [1.54, 1.807) is 6.92 Å². The highest BCUT2D eigenvalue weighted by atomic mass is 16.4. The molecular weight excluding hydrogens is 174 g/mol. The zero-order valence-electron chi connectivity index (χ0n) is 7.44. The van der Waals surface area contributed by atoms with Gasteiger partial charge < -0.3 is 10.2 Å². The number of rotatable bonds is 1. The molecule has 0 aromatic heterocycles. The molecule has 1 unspecified atom stereocenters. The minimum Gasteiger partial charge on any atom is -0.479 e. The second-order valence-corrected chi connectivity index (χ2v) is 3.31. The molecule has 1 heterocycles. The Balaban J connectivity index is 3.05. The molecule has 0 bridgehead atoms. The van der Waals surface area contributed by atoms with Crippen molar-refractivity contribution in [3.05, 3.63) is 11.6 Å². The van der Waals surface area contributed by atoms with Crippen LogP contribution in [0.5, 0.6) is 0 Å². The number of hydrogen-bond acceptors (Lipinski definition) is 2. The molecular formula is C8H11NO4. The Labute approximate surface area is 75.3 Å². The first-order valence-electron chi connectivity index (χ1n) is 3.80. The first-order chi connectivity index (χ1) is 5.88. The number of carbonyl (C=O) groups is 2. The fraction of sp³-hybridized carbons (Fsp3) is 0.500. The summed E-state index contributed by atoms with van der Waals surface area (Å²) in [6.07, 6.45) is 0.252. The van der Waals surface area contributed by atoms with E-state index in [-0.39, 0.29) is 6.54 Å². The van der Waals surface area contributed by atoms with Crippen molar-refractivity contribution in [1.82, 2.24) is 4.90 Å². The van der Waals surface area contributed by atoms with E-state index in [0.29, 0.717) is 0 Å². The van der Waals surface area contributed by atoms with Gasteiger partial charge in [0.15, 0.2) is 5.54 Å². The topological polar surface area (TPSA) is 77.8 Å². The molecule has 0 aliphatic carbocycles. The lowest BCUT2D eigenvalue weighted by atomic mass is 10.0. The molecule has 72 valence electrons. The quantitative estimate of drug-likeness (QED) is 0.591. The van der Waals surface area contributed by atoms with Crippen LogP contribution in [0.25, 0.3) is 0 Å². The molecule has 0 saturated heterocycles. The van der Waals surface area contributed by atoms with Gasteiger partial charge in [0.1, 0.15) is 0 Å². The molecule has 0 saturated carbocycles. The van der Waals surface area contributed by atoms with Gasteiger partial charge >= 0.3 is 12.1 Å². The van der Waals surface area contributed by atoms with Crippen LogP contribution in [0.4, 0.5) is 4.79 Å². The van der Waals surface area contributed by atoms with E-state index in [1.165, 1.54) is 13.0 Å². The molecule has 5 nitrogen and oxygen atoms in total. The molecule has 1 rings (SSSR count). The van der Waals surface area contributed by atoms with E-state index in [9.17, 15) is 9.59 Å². The lowest BCUT2D eigenvalue weighted by Gasteiger charge is -2.27. The number of aliphatic carboxylic acids is 1. The number of carboxylic acids is 1. The summed E-state index contributed by atoms with van der Waals surface area (Å²) in [7, 11) is 0. The van der Waals surface area contributed by atoms with Gasteiger partial charge in [-0.05, 0) is 19.9 Å². The summed E-state index contributed by atoms with van der Waals surface area (Å²) in [6.45, 7) is 3.25. The summed E-state index contributed by atoms with van der Waals surface area (Å²) in [5.41, 5.74) is -0.650. The fourth-order valence-electron chi connectivity index (χ4n) is 1.46. The molecule has 0 spiro atoms. The SMILES string of the molecule is CC1=CC(C)(C(=O)O)N(C(=O)O)C1. The zero-order chi connectivity index (χ0) is 10.2. The van der Waals surface area contributed by atoms with Crippen molar-refractivity contribution in [2.45, 2.75) is 19.4 Å². The molecule has 0 aromatic rings. The van der Waals surface area contributed by atoms with Gasteiger partial charge in [-0.15, -0.1) is 0 Å². The van der Waals surface area contributed by atoms with E-state index in [2.05, 4.69) is 0 Å². The predicted octanol–water partition coefficient (Wildman–Crippen LogP) is 0.770. The van der Waals surface area contributed by atoms with E-state index in [1.807, 2.05) is 0 Å². The first-order valence-corrected chi connectivity index (χ1v) is 3.80. The maximum atomic E-state index is 10.8. The number of amides is 1. The van der Waals surface area contributed by atoms with Crippen LogP contribution in [0.2, 0.25) is 0 Å². The Bertz CT molecular complexity index is 297. The Hall–Kier alpha value is -1.52. The second-order valence-electron chi connectivity index (χ2n) is 3.31. The fourth-order valence-corrected chi connectivity index (χ4v) is 1.46. The first kappa shape index (κ1) is 9.57. The lowest BCUT2D eigenvalue weighted by molar-refractivity contribution is -0.145. The highest BCUT2D eigenvalue weighted by Crippen LogP contribution is 2.26. The van der Waals surface area contributed by atoms with Crippen molar-refractivity contribution < 1.29 is 19.8 Å². The van der Waals surface area contributed by atoms with Gasteiger partial charge in [0.05, 0.1) is 0 Å². The van der Waals surface area contributed by atoms with Gasteiger partial charge in [0.25, 0.3) is 0 Å². The summed E-state index contributed by atoms with van der Waals surface area (Å²) < 4.78 is 0. The van der Waals surface area contributed by atoms with Crippen molar-refractivity contribution in [1.29, 1.82) is 0 Å². The molecule has 13 heavy (non-hydrogen) atoms. The van der Waals surface area contributed by atoms with Crippen LogP contribution in [-0.2, 0) is 4.79 Å². The third-order valence-corrected chi connectivity index (χ3v) is 2.16. The summed E-state index contributed by atoms with van der Waals surface area (Å²) in [4.78, 5) is 22.4. The van der Waals surface area contributed by atoms with E-state index in [4.69, 9.17) is 10.2 Å². The monoisotopic (exact) mass is 185 g/mol. The molecule has 0 radical (unpaired) electrons. The van der Waals surface area contributed by atoms with Crippen LogP contribution in [0.15, 0.2) is 11.6 Å². The van der Waals surface area contributed by atoms with Crippen molar-refractivity contribution >= 4 is 12.1 Å². The average Bonchev–Trinajstić information content (AvgIpc) is 2.27. The maximum Gasteiger partial charge on any atom is 0.408 e. The zero-order valence-corrected chi connectivity index (χ0v) is 7.44. The smallest absolute Gasteiger partial charge is 0.408 e. The van der Waals surface area contributed by atoms with Crippen molar-refractivity contribution in [2.75, 3.05) is 6.54 Å². The largest absolute Gasteiger partial charge is 0.479 e. The number of carboxylic acid groups (broad SMARTS) is 2. The van der Waals surface area contributed by atoms with Crippen molar-refractivity contribution in [3.8, 4) is 0 Å². The summed E-state index contributed by atoms with van der Waals surface area (Å²) in [5, 5.41) is 17.6. The third kappa shape index (κ3) is 1.37. The molecule has 0 aromatic carbocycles. The highest BCUT2D eigenvalue weighted by Gasteiger charge is 2.44. The van der Waals surface area contributed by atoms with Crippen molar-refractivity contribution in [3.63, 3.8) is 0 Å². The molecule has 2 N–H and O–H groups in total. The van der Waals surface area contributed by atoms with Gasteiger partial charge in [0.2, 0.25) is 0 Å². The van der Waals surface area contributed by atoms with Gasteiger partial charge in [-0.3, -0.25) is 4.90 Å². The van der Waals surface area contributed by atoms with Gasteiger partial charge in [-0.2, -0.15) is 0 Å². The van der Waals surface area contributed by atoms with Gasteiger partial charge in [-0.25, -0.2) is 9.59 Å². The standard InChI is InChI=1S/C8H11NO4/c1-5-3-8(2,6(10)11)9(4-5)7(12)13/h3H,4H2,1-2H3,(H,10,11)(H,12,13). The van der Waals surface area contributed by atoms with Gasteiger partial charge in [-0.1, -0.05) is 5.57 Å². The second kappa shape index (κ2) is 2.76. The Morgan fingerprint density at radius 3 is 2.38 bits per heavy atom. The Kier molecular flexibility index (Phi) is 2.03.